The van der Waals surface area contributed by atoms with Crippen LogP contribution in [0.25, 0.3) is 6.08 Å². The third kappa shape index (κ3) is 6.31. The van der Waals surface area contributed by atoms with E-state index in [1.165, 1.54) is 30.1 Å². The molecule has 1 aliphatic heterocycles. The van der Waals surface area contributed by atoms with Crippen LogP contribution in [0.2, 0.25) is 5.02 Å². The molecule has 10 nitrogen and oxygen atoms in total. The Labute approximate surface area is 245 Å². The molecule has 0 saturated heterocycles. The van der Waals surface area contributed by atoms with Crippen LogP contribution in [0, 0.1) is 0 Å². The summed E-state index contributed by atoms with van der Waals surface area (Å²) in [5.74, 6) is 0.0400. The highest BCUT2D eigenvalue weighted by Gasteiger charge is 2.34. The molecular formula is C29H29ClN2O8S. The van der Waals surface area contributed by atoms with Gasteiger partial charge in [0.1, 0.15) is 5.75 Å². The van der Waals surface area contributed by atoms with Crippen molar-refractivity contribution in [2.75, 3.05) is 34.0 Å². The van der Waals surface area contributed by atoms with E-state index in [-0.39, 0.29) is 24.3 Å². The van der Waals surface area contributed by atoms with Crippen molar-refractivity contribution in [2.45, 2.75) is 26.8 Å². The number of hydrogen-bond acceptors (Lipinski definition) is 10. The van der Waals surface area contributed by atoms with E-state index in [4.69, 9.17) is 30.5 Å². The van der Waals surface area contributed by atoms with Crippen LogP contribution in [0.15, 0.2) is 57.5 Å². The van der Waals surface area contributed by atoms with Crippen molar-refractivity contribution in [1.29, 1.82) is 0 Å². The molecule has 2 aromatic carbocycles. The van der Waals surface area contributed by atoms with Gasteiger partial charge in [0.15, 0.2) is 22.9 Å². The SMILES string of the molecule is CCOC(=O)C1=C(C)N=c2s/c(=C/c3cc(Cl)ccc3OC)c(=O)n2[C@H]1c1ccc(OCC(=O)OC)c(OCC)c1. The average Bonchev–Trinajstić information content (AvgIpc) is 3.25. The summed E-state index contributed by atoms with van der Waals surface area (Å²) in [6.45, 7) is 5.35. The first kappa shape index (κ1) is 29.9. The molecule has 0 fully saturated rings. The maximum atomic E-state index is 13.9. The lowest BCUT2D eigenvalue weighted by atomic mass is 9.95. The van der Waals surface area contributed by atoms with Crippen LogP contribution >= 0.6 is 22.9 Å². The van der Waals surface area contributed by atoms with E-state index in [1.54, 1.807) is 63.2 Å². The number of ether oxygens (including phenoxy) is 5. The number of methoxy groups -OCH3 is 2. The molecular weight excluding hydrogens is 572 g/mol. The fraction of sp³-hybridized carbons (Fsp3) is 0.310. The second-order valence-electron chi connectivity index (χ2n) is 8.69. The summed E-state index contributed by atoms with van der Waals surface area (Å²) in [5.41, 5.74) is 1.46. The van der Waals surface area contributed by atoms with Gasteiger partial charge in [0.2, 0.25) is 0 Å². The number of carbonyl (C=O) groups is 2. The van der Waals surface area contributed by atoms with Crippen LogP contribution in [0.3, 0.4) is 0 Å². The predicted molar refractivity (Wildman–Crippen MR) is 154 cm³/mol. The Balaban J connectivity index is 1.92. The third-order valence-corrected chi connectivity index (χ3v) is 7.37. The Morgan fingerprint density at radius 2 is 1.80 bits per heavy atom. The molecule has 1 aromatic heterocycles. The molecule has 0 aliphatic carbocycles. The second kappa shape index (κ2) is 13.0. The highest BCUT2D eigenvalue weighted by molar-refractivity contribution is 7.07. The zero-order valence-electron chi connectivity index (χ0n) is 23.2. The van der Waals surface area contributed by atoms with Crippen molar-refractivity contribution in [1.82, 2.24) is 4.57 Å². The molecule has 0 amide bonds. The van der Waals surface area contributed by atoms with Crippen molar-refractivity contribution in [2.24, 2.45) is 4.99 Å². The lowest BCUT2D eigenvalue weighted by Crippen LogP contribution is -2.40. The Hall–Kier alpha value is -4.09. The van der Waals surface area contributed by atoms with E-state index in [9.17, 15) is 14.4 Å². The first-order valence-corrected chi connectivity index (χ1v) is 13.9. The highest BCUT2D eigenvalue weighted by Crippen LogP contribution is 2.36. The summed E-state index contributed by atoms with van der Waals surface area (Å²) < 4.78 is 28.7. The topological polar surface area (TPSA) is 115 Å². The number of carbonyl (C=O) groups excluding carboxylic acids is 2. The molecule has 216 valence electrons. The van der Waals surface area contributed by atoms with Crippen molar-refractivity contribution in [3.8, 4) is 17.2 Å². The van der Waals surface area contributed by atoms with Crippen LogP contribution in [0.5, 0.6) is 17.2 Å². The zero-order valence-corrected chi connectivity index (χ0v) is 24.8. The smallest absolute Gasteiger partial charge is 0.343 e. The molecule has 1 atom stereocenters. The first-order valence-electron chi connectivity index (χ1n) is 12.7. The normalized spacial score (nSPS) is 14.7. The molecule has 3 aromatic rings. The number of allylic oxidation sites excluding steroid dienone is 1. The van der Waals surface area contributed by atoms with Gasteiger partial charge in [-0.3, -0.25) is 9.36 Å². The van der Waals surface area contributed by atoms with Gasteiger partial charge < -0.3 is 23.7 Å². The molecule has 4 rings (SSSR count). The lowest BCUT2D eigenvalue weighted by Gasteiger charge is -2.25. The third-order valence-electron chi connectivity index (χ3n) is 6.15. The van der Waals surface area contributed by atoms with Crippen LogP contribution in [0.4, 0.5) is 0 Å². The number of fused-ring (bicyclic) bond motifs is 1. The van der Waals surface area contributed by atoms with Gasteiger partial charge in [-0.2, -0.15) is 0 Å². The van der Waals surface area contributed by atoms with Gasteiger partial charge in [-0.25, -0.2) is 14.6 Å². The Morgan fingerprint density at radius 3 is 2.49 bits per heavy atom. The molecule has 41 heavy (non-hydrogen) atoms. The maximum absolute atomic E-state index is 13.9. The Morgan fingerprint density at radius 1 is 1.05 bits per heavy atom. The van der Waals surface area contributed by atoms with Crippen LogP contribution in [-0.2, 0) is 19.1 Å². The number of nitrogens with zero attached hydrogens (tertiary/aromatic N) is 2. The lowest BCUT2D eigenvalue weighted by molar-refractivity contribution is -0.143. The Kier molecular flexibility index (Phi) is 9.51. The number of rotatable bonds is 10. The average molecular weight is 601 g/mol. The number of halogens is 1. The predicted octanol–water partition coefficient (Wildman–Crippen LogP) is 3.41. The molecule has 0 saturated carbocycles. The van der Waals surface area contributed by atoms with Crippen LogP contribution < -0.4 is 29.1 Å². The molecule has 0 bridgehead atoms. The molecule has 1 aliphatic rings. The largest absolute Gasteiger partial charge is 0.496 e. The summed E-state index contributed by atoms with van der Waals surface area (Å²) in [6, 6.07) is 9.24. The van der Waals surface area contributed by atoms with Crippen molar-refractivity contribution in [3.05, 3.63) is 83.5 Å². The van der Waals surface area contributed by atoms with E-state index in [0.717, 1.165) is 0 Å². The zero-order chi connectivity index (χ0) is 29.7. The quantitative estimate of drug-likeness (QED) is 0.325. The summed E-state index contributed by atoms with van der Waals surface area (Å²) in [7, 11) is 2.80. The minimum atomic E-state index is -0.873. The fourth-order valence-electron chi connectivity index (χ4n) is 4.34. The highest BCUT2D eigenvalue weighted by atomic mass is 35.5. The number of hydrogen-bond donors (Lipinski definition) is 0. The summed E-state index contributed by atoms with van der Waals surface area (Å²) in [6.07, 6.45) is 1.68. The number of esters is 2. The van der Waals surface area contributed by atoms with Gasteiger partial charge in [0.05, 0.1) is 49.3 Å². The van der Waals surface area contributed by atoms with E-state index >= 15 is 0 Å². The fourth-order valence-corrected chi connectivity index (χ4v) is 5.56. The summed E-state index contributed by atoms with van der Waals surface area (Å²) in [5, 5.41) is 0.487. The van der Waals surface area contributed by atoms with Gasteiger partial charge in [0.25, 0.3) is 5.56 Å². The van der Waals surface area contributed by atoms with E-state index in [1.807, 2.05) is 0 Å². The summed E-state index contributed by atoms with van der Waals surface area (Å²) in [4.78, 5) is 43.8. The molecule has 0 unspecified atom stereocenters. The van der Waals surface area contributed by atoms with Gasteiger partial charge in [-0.1, -0.05) is 29.0 Å². The monoisotopic (exact) mass is 600 g/mol. The van der Waals surface area contributed by atoms with Gasteiger partial charge in [-0.15, -0.1) is 0 Å². The first-order chi connectivity index (χ1) is 19.7. The van der Waals surface area contributed by atoms with Crippen molar-refractivity contribution < 1.29 is 33.3 Å². The molecule has 0 N–H and O–H groups in total. The number of aromatic nitrogens is 1. The molecule has 0 radical (unpaired) electrons. The van der Waals surface area contributed by atoms with Crippen LogP contribution in [-0.4, -0.2) is 50.5 Å². The van der Waals surface area contributed by atoms with Crippen LogP contribution in [0.1, 0.15) is 37.9 Å². The minimum absolute atomic E-state index is 0.145. The number of benzene rings is 2. The van der Waals surface area contributed by atoms with Crippen molar-refractivity contribution in [3.63, 3.8) is 0 Å². The second-order valence-corrected chi connectivity index (χ2v) is 10.1. The van der Waals surface area contributed by atoms with Gasteiger partial charge >= 0.3 is 11.9 Å². The van der Waals surface area contributed by atoms with E-state index < -0.39 is 18.0 Å². The summed E-state index contributed by atoms with van der Waals surface area (Å²) >= 11 is 7.39. The maximum Gasteiger partial charge on any atom is 0.343 e. The molecule has 2 heterocycles. The standard InChI is InChI=1S/C29H29ClN2O8S/c1-6-38-22-13-17(8-10-21(22)40-15-24(33)37-5)26-25(28(35)39-7-2)16(3)31-29-32(26)27(34)23(41-29)14-18-12-19(30)9-11-20(18)36-4/h8-14,26H,6-7,15H2,1-5H3/b23-14+/t26-/m0/s1. The minimum Gasteiger partial charge on any atom is -0.496 e. The van der Waals surface area contributed by atoms with Gasteiger partial charge in [-0.05, 0) is 62.7 Å². The van der Waals surface area contributed by atoms with E-state index in [0.29, 0.717) is 55.0 Å². The van der Waals surface area contributed by atoms with Gasteiger partial charge in [0, 0.05) is 10.6 Å². The molecule has 12 heteroatoms. The van der Waals surface area contributed by atoms with E-state index in [2.05, 4.69) is 9.73 Å². The van der Waals surface area contributed by atoms with Crippen molar-refractivity contribution >= 4 is 41.0 Å². The molecule has 0 spiro atoms. The number of thiazole rings is 1. The Bertz CT molecular complexity index is 1690.